The van der Waals surface area contributed by atoms with Crippen LogP contribution in [0.25, 0.3) is 0 Å². The van der Waals surface area contributed by atoms with Crippen LogP contribution in [0.4, 0.5) is 0 Å². The highest BCUT2D eigenvalue weighted by atomic mass is 35.5. The lowest BCUT2D eigenvalue weighted by molar-refractivity contribution is 0.722. The summed E-state index contributed by atoms with van der Waals surface area (Å²) in [6.07, 6.45) is 0. The molecule has 0 spiro atoms. The summed E-state index contributed by atoms with van der Waals surface area (Å²) in [6.45, 7) is 0.443. The van der Waals surface area contributed by atoms with E-state index in [4.69, 9.17) is 23.1 Å². The second-order valence-electron chi connectivity index (χ2n) is 3.94. The van der Waals surface area contributed by atoms with E-state index in [9.17, 15) is 0 Å². The minimum Gasteiger partial charge on any atom is -0.329 e. The van der Waals surface area contributed by atoms with Crippen LogP contribution in [0.1, 0.15) is 11.6 Å². The van der Waals surface area contributed by atoms with Crippen molar-refractivity contribution in [2.75, 3.05) is 6.54 Å². The highest BCUT2D eigenvalue weighted by Crippen LogP contribution is 2.32. The quantitative estimate of drug-likeness (QED) is 0.900. The topological polar surface area (TPSA) is 52.0 Å². The van der Waals surface area contributed by atoms with Gasteiger partial charge in [0.25, 0.3) is 0 Å². The Morgan fingerprint density at radius 1 is 1.05 bits per heavy atom. The lowest BCUT2D eigenvalue weighted by Crippen LogP contribution is -2.21. The van der Waals surface area contributed by atoms with E-state index in [0.717, 1.165) is 20.4 Å². The Labute approximate surface area is 128 Å². The minimum absolute atomic E-state index is 0. The monoisotopic (exact) mass is 314 g/mol. The molecule has 5 heteroatoms. The van der Waals surface area contributed by atoms with Crippen LogP contribution in [0, 0.1) is 0 Å². The first-order chi connectivity index (χ1) is 8.70. The molecule has 0 amide bonds. The lowest BCUT2D eigenvalue weighted by Gasteiger charge is -2.14. The third-order valence-electron chi connectivity index (χ3n) is 2.61. The van der Waals surface area contributed by atoms with E-state index in [1.54, 1.807) is 11.8 Å². The van der Waals surface area contributed by atoms with Crippen LogP contribution in [0.3, 0.4) is 0 Å². The fourth-order valence-corrected chi connectivity index (χ4v) is 2.77. The molecule has 1 atom stereocenters. The SMILES string of the molecule is Cl.NC[C@H](N)c1ccccc1Sc1ccc(Cl)cc1. The van der Waals surface area contributed by atoms with Crippen LogP contribution in [-0.4, -0.2) is 6.54 Å². The third kappa shape index (κ3) is 4.41. The fraction of sp³-hybridized carbons (Fsp3) is 0.143. The Morgan fingerprint density at radius 3 is 2.32 bits per heavy atom. The summed E-state index contributed by atoms with van der Waals surface area (Å²) < 4.78 is 0. The lowest BCUT2D eigenvalue weighted by atomic mass is 10.1. The molecule has 0 aliphatic carbocycles. The van der Waals surface area contributed by atoms with Gasteiger partial charge in [-0.2, -0.15) is 0 Å². The molecular weight excluding hydrogens is 299 g/mol. The summed E-state index contributed by atoms with van der Waals surface area (Å²) in [6, 6.07) is 15.7. The molecule has 0 aromatic heterocycles. The van der Waals surface area contributed by atoms with Gasteiger partial charge in [0, 0.05) is 27.4 Å². The number of benzene rings is 2. The Hall–Kier alpha value is -0.710. The standard InChI is InChI=1S/C14H15ClN2S.ClH/c15-10-5-7-11(8-6-10)18-14-4-2-1-3-12(14)13(17)9-16;/h1-8,13H,9,16-17H2;1H/t13-;/m0./s1. The zero-order valence-electron chi connectivity index (χ0n) is 10.3. The molecule has 0 aliphatic heterocycles. The van der Waals surface area contributed by atoms with Gasteiger partial charge in [-0.15, -0.1) is 12.4 Å². The molecule has 4 N–H and O–H groups in total. The Morgan fingerprint density at radius 2 is 1.68 bits per heavy atom. The van der Waals surface area contributed by atoms with Crippen molar-refractivity contribution >= 4 is 35.8 Å². The molecule has 2 aromatic carbocycles. The predicted molar refractivity (Wildman–Crippen MR) is 85.2 cm³/mol. The number of hydrogen-bond donors (Lipinski definition) is 2. The summed E-state index contributed by atoms with van der Waals surface area (Å²) in [5.74, 6) is 0. The van der Waals surface area contributed by atoms with Gasteiger partial charge in [-0.1, -0.05) is 41.6 Å². The second-order valence-corrected chi connectivity index (χ2v) is 5.49. The highest BCUT2D eigenvalue weighted by Gasteiger charge is 2.09. The van der Waals surface area contributed by atoms with Gasteiger partial charge in [-0.05, 0) is 35.9 Å². The zero-order chi connectivity index (χ0) is 13.0. The Bertz CT molecular complexity index is 517. The van der Waals surface area contributed by atoms with Gasteiger partial charge in [0.2, 0.25) is 0 Å². The first-order valence-electron chi connectivity index (χ1n) is 5.68. The van der Waals surface area contributed by atoms with Crippen molar-refractivity contribution in [3.63, 3.8) is 0 Å². The average molecular weight is 315 g/mol. The maximum absolute atomic E-state index is 6.01. The minimum atomic E-state index is -0.124. The van der Waals surface area contributed by atoms with Crippen LogP contribution >= 0.6 is 35.8 Å². The van der Waals surface area contributed by atoms with Gasteiger partial charge in [0.1, 0.15) is 0 Å². The van der Waals surface area contributed by atoms with Crippen molar-refractivity contribution in [3.8, 4) is 0 Å². The largest absolute Gasteiger partial charge is 0.329 e. The van der Waals surface area contributed by atoms with E-state index < -0.39 is 0 Å². The first kappa shape index (κ1) is 16.3. The average Bonchev–Trinajstić information content (AvgIpc) is 2.41. The van der Waals surface area contributed by atoms with Gasteiger partial charge in [-0.3, -0.25) is 0 Å². The van der Waals surface area contributed by atoms with Crippen LogP contribution in [0.15, 0.2) is 58.3 Å². The van der Waals surface area contributed by atoms with E-state index in [1.807, 2.05) is 42.5 Å². The Kier molecular flexibility index (Phi) is 6.69. The normalized spacial score (nSPS) is 11.7. The van der Waals surface area contributed by atoms with Crippen molar-refractivity contribution in [2.45, 2.75) is 15.8 Å². The van der Waals surface area contributed by atoms with E-state index in [-0.39, 0.29) is 18.4 Å². The molecule has 0 unspecified atom stereocenters. The van der Waals surface area contributed by atoms with Crippen molar-refractivity contribution in [2.24, 2.45) is 11.5 Å². The molecule has 0 heterocycles. The first-order valence-corrected chi connectivity index (χ1v) is 6.88. The molecule has 2 rings (SSSR count). The number of halogens is 2. The molecule has 0 fully saturated rings. The summed E-state index contributed by atoms with van der Waals surface area (Å²) in [4.78, 5) is 2.27. The number of hydrogen-bond acceptors (Lipinski definition) is 3. The summed E-state index contributed by atoms with van der Waals surface area (Å²) >= 11 is 7.55. The second kappa shape index (κ2) is 7.78. The van der Waals surface area contributed by atoms with E-state index in [0.29, 0.717) is 6.54 Å². The molecule has 19 heavy (non-hydrogen) atoms. The third-order valence-corrected chi connectivity index (χ3v) is 3.97. The van der Waals surface area contributed by atoms with Crippen molar-refractivity contribution in [1.82, 2.24) is 0 Å². The molecule has 0 aliphatic rings. The predicted octanol–water partition coefficient (Wildman–Crippen LogP) is 3.87. The number of rotatable bonds is 4. The molecule has 0 saturated carbocycles. The maximum atomic E-state index is 6.01. The van der Waals surface area contributed by atoms with Crippen molar-refractivity contribution in [1.29, 1.82) is 0 Å². The number of nitrogens with two attached hydrogens (primary N) is 2. The molecule has 2 nitrogen and oxygen atoms in total. The molecule has 0 saturated heterocycles. The maximum Gasteiger partial charge on any atom is 0.0430 e. The summed E-state index contributed by atoms with van der Waals surface area (Å²) in [5, 5.41) is 0.742. The smallest absolute Gasteiger partial charge is 0.0430 e. The van der Waals surface area contributed by atoms with E-state index in [1.165, 1.54) is 0 Å². The summed E-state index contributed by atoms with van der Waals surface area (Å²) in [5.41, 5.74) is 12.7. The van der Waals surface area contributed by atoms with Gasteiger partial charge in [0.05, 0.1) is 0 Å². The summed E-state index contributed by atoms with van der Waals surface area (Å²) in [7, 11) is 0. The van der Waals surface area contributed by atoms with Gasteiger partial charge >= 0.3 is 0 Å². The molecular formula is C14H16Cl2N2S. The van der Waals surface area contributed by atoms with Gasteiger partial charge < -0.3 is 11.5 Å². The van der Waals surface area contributed by atoms with Crippen molar-refractivity contribution in [3.05, 3.63) is 59.1 Å². The van der Waals surface area contributed by atoms with Gasteiger partial charge in [-0.25, -0.2) is 0 Å². The van der Waals surface area contributed by atoms with Crippen LogP contribution in [-0.2, 0) is 0 Å². The molecule has 2 aromatic rings. The highest BCUT2D eigenvalue weighted by molar-refractivity contribution is 7.99. The van der Waals surface area contributed by atoms with E-state index >= 15 is 0 Å². The zero-order valence-corrected chi connectivity index (χ0v) is 12.6. The molecule has 0 bridgehead atoms. The van der Waals surface area contributed by atoms with Crippen LogP contribution < -0.4 is 11.5 Å². The van der Waals surface area contributed by atoms with Gasteiger partial charge in [0.15, 0.2) is 0 Å². The molecule has 102 valence electrons. The van der Waals surface area contributed by atoms with Crippen molar-refractivity contribution < 1.29 is 0 Å². The van der Waals surface area contributed by atoms with Crippen LogP contribution in [0.5, 0.6) is 0 Å². The fourth-order valence-electron chi connectivity index (χ4n) is 1.64. The Balaban J connectivity index is 0.00000180. The van der Waals surface area contributed by atoms with Crippen LogP contribution in [0.2, 0.25) is 5.02 Å². The van der Waals surface area contributed by atoms with E-state index in [2.05, 4.69) is 6.07 Å². The molecule has 0 radical (unpaired) electrons.